The van der Waals surface area contributed by atoms with Crippen molar-refractivity contribution in [2.75, 3.05) is 13.1 Å². The number of halogens is 2. The van der Waals surface area contributed by atoms with E-state index in [4.69, 9.17) is 0 Å². The molecule has 1 fully saturated rings. The van der Waals surface area contributed by atoms with Gasteiger partial charge in [-0.1, -0.05) is 32.9 Å². The first-order valence-electron chi connectivity index (χ1n) is 10.1. The molecule has 2 aromatic rings. The molecule has 0 radical (unpaired) electrons. The van der Waals surface area contributed by atoms with Crippen molar-refractivity contribution in [3.63, 3.8) is 0 Å². The molecule has 0 aliphatic carbocycles. The molecule has 0 bridgehead atoms. The van der Waals surface area contributed by atoms with Gasteiger partial charge in [0.15, 0.2) is 11.6 Å². The van der Waals surface area contributed by atoms with Crippen molar-refractivity contribution in [1.82, 2.24) is 15.2 Å². The number of rotatable bonds is 5. The van der Waals surface area contributed by atoms with Crippen LogP contribution in [0.1, 0.15) is 50.9 Å². The van der Waals surface area contributed by atoms with Crippen LogP contribution in [0.3, 0.4) is 0 Å². The third-order valence-electron chi connectivity index (χ3n) is 5.47. The topological polar surface area (TPSA) is 45.2 Å². The standard InChI is InChI=1S/C23H29F2N3O/c1-23(2,3)22(29)27-21(20-6-4-5-11-26-20)17-9-12-28(13-10-17)15-16-7-8-18(24)19(25)14-16/h4-8,11,14,17,21H,9-10,12-13,15H2,1-3H3,(H,27,29). The van der Waals surface area contributed by atoms with Crippen LogP contribution < -0.4 is 5.32 Å². The molecule has 3 rings (SSSR count). The van der Waals surface area contributed by atoms with Gasteiger partial charge < -0.3 is 5.32 Å². The van der Waals surface area contributed by atoms with Gasteiger partial charge in [0.05, 0.1) is 11.7 Å². The summed E-state index contributed by atoms with van der Waals surface area (Å²) in [6.07, 6.45) is 3.55. The van der Waals surface area contributed by atoms with E-state index in [0.717, 1.165) is 37.2 Å². The lowest BCUT2D eigenvalue weighted by Crippen LogP contribution is -2.44. The lowest BCUT2D eigenvalue weighted by atomic mass is 9.85. The van der Waals surface area contributed by atoms with E-state index in [9.17, 15) is 13.6 Å². The number of benzene rings is 1. The molecule has 1 aliphatic rings. The molecule has 1 atom stereocenters. The van der Waals surface area contributed by atoms with Gasteiger partial charge in [0.1, 0.15) is 0 Å². The van der Waals surface area contributed by atoms with Crippen molar-refractivity contribution in [2.45, 2.75) is 46.2 Å². The molecule has 0 spiro atoms. The molecule has 1 saturated heterocycles. The summed E-state index contributed by atoms with van der Waals surface area (Å²) in [5.74, 6) is -1.34. The molecule has 4 nitrogen and oxygen atoms in total. The van der Waals surface area contributed by atoms with E-state index in [1.54, 1.807) is 12.3 Å². The Morgan fingerprint density at radius 3 is 2.48 bits per heavy atom. The molecule has 6 heteroatoms. The Balaban J connectivity index is 1.66. The lowest BCUT2D eigenvalue weighted by molar-refractivity contribution is -0.129. The molecule has 1 amide bonds. The highest BCUT2D eigenvalue weighted by Crippen LogP contribution is 2.31. The van der Waals surface area contributed by atoms with E-state index >= 15 is 0 Å². The summed E-state index contributed by atoms with van der Waals surface area (Å²) in [5.41, 5.74) is 1.18. The number of carbonyl (C=O) groups is 1. The highest BCUT2D eigenvalue weighted by atomic mass is 19.2. The molecule has 29 heavy (non-hydrogen) atoms. The van der Waals surface area contributed by atoms with E-state index in [0.29, 0.717) is 6.54 Å². The second kappa shape index (κ2) is 8.99. The molecule has 1 unspecified atom stereocenters. The average molecular weight is 402 g/mol. The van der Waals surface area contributed by atoms with Crippen molar-refractivity contribution in [3.05, 3.63) is 65.5 Å². The van der Waals surface area contributed by atoms with E-state index in [1.165, 1.54) is 12.1 Å². The fourth-order valence-corrected chi connectivity index (χ4v) is 3.69. The van der Waals surface area contributed by atoms with Gasteiger partial charge in [-0.3, -0.25) is 14.7 Å². The fraction of sp³-hybridized carbons (Fsp3) is 0.478. The van der Waals surface area contributed by atoms with Crippen LogP contribution in [0, 0.1) is 23.0 Å². The van der Waals surface area contributed by atoms with Crippen LogP contribution >= 0.6 is 0 Å². The van der Waals surface area contributed by atoms with Gasteiger partial charge in [-0.25, -0.2) is 8.78 Å². The number of carbonyl (C=O) groups excluding carboxylic acids is 1. The zero-order valence-electron chi connectivity index (χ0n) is 17.3. The average Bonchev–Trinajstić information content (AvgIpc) is 2.69. The van der Waals surface area contributed by atoms with Crippen LogP contribution in [-0.4, -0.2) is 28.9 Å². The zero-order chi connectivity index (χ0) is 21.0. The van der Waals surface area contributed by atoms with Gasteiger partial charge in [-0.05, 0) is 61.7 Å². The molecule has 0 saturated carbocycles. The number of likely N-dealkylation sites (tertiary alicyclic amines) is 1. The van der Waals surface area contributed by atoms with Crippen LogP contribution in [-0.2, 0) is 11.3 Å². The summed E-state index contributed by atoms with van der Waals surface area (Å²) in [5, 5.41) is 3.21. The first kappa shape index (κ1) is 21.4. The Hall–Kier alpha value is -2.34. The Kier molecular flexibility index (Phi) is 6.63. The first-order valence-corrected chi connectivity index (χ1v) is 10.1. The number of hydrogen-bond acceptors (Lipinski definition) is 3. The van der Waals surface area contributed by atoms with Crippen LogP contribution in [0.2, 0.25) is 0 Å². The first-order chi connectivity index (χ1) is 13.7. The summed E-state index contributed by atoms with van der Waals surface area (Å²) in [6.45, 7) is 7.97. The summed E-state index contributed by atoms with van der Waals surface area (Å²) < 4.78 is 26.6. The Bertz CT molecular complexity index is 828. The minimum Gasteiger partial charge on any atom is -0.347 e. The van der Waals surface area contributed by atoms with Crippen LogP contribution in [0.4, 0.5) is 8.78 Å². The van der Waals surface area contributed by atoms with Crippen molar-refractivity contribution < 1.29 is 13.6 Å². The van der Waals surface area contributed by atoms with E-state index in [-0.39, 0.29) is 17.9 Å². The molecule has 1 aliphatic heterocycles. The largest absolute Gasteiger partial charge is 0.347 e. The number of hydrogen-bond donors (Lipinski definition) is 1. The normalized spacial score (nSPS) is 17.1. The van der Waals surface area contributed by atoms with E-state index in [2.05, 4.69) is 15.2 Å². The third-order valence-corrected chi connectivity index (χ3v) is 5.47. The number of nitrogens with one attached hydrogen (secondary N) is 1. The van der Waals surface area contributed by atoms with Crippen LogP contribution in [0.25, 0.3) is 0 Å². The zero-order valence-corrected chi connectivity index (χ0v) is 17.3. The summed E-state index contributed by atoms with van der Waals surface area (Å²) in [6, 6.07) is 9.71. The van der Waals surface area contributed by atoms with E-state index in [1.807, 2.05) is 39.0 Å². The minimum absolute atomic E-state index is 0.0115. The van der Waals surface area contributed by atoms with Gasteiger partial charge in [0.2, 0.25) is 5.91 Å². The monoisotopic (exact) mass is 401 g/mol. The maximum atomic E-state index is 13.5. The molecule has 2 heterocycles. The second-order valence-corrected chi connectivity index (χ2v) is 8.82. The van der Waals surface area contributed by atoms with Crippen molar-refractivity contribution in [3.8, 4) is 0 Å². The Morgan fingerprint density at radius 2 is 1.90 bits per heavy atom. The quantitative estimate of drug-likeness (QED) is 0.804. The van der Waals surface area contributed by atoms with Crippen molar-refractivity contribution >= 4 is 5.91 Å². The highest BCUT2D eigenvalue weighted by molar-refractivity contribution is 5.81. The van der Waals surface area contributed by atoms with Gasteiger partial charge >= 0.3 is 0 Å². The lowest BCUT2D eigenvalue weighted by Gasteiger charge is -2.37. The number of piperidine rings is 1. The Labute approximate surface area is 171 Å². The van der Waals surface area contributed by atoms with Gasteiger partial charge in [0.25, 0.3) is 0 Å². The number of amides is 1. The minimum atomic E-state index is -0.819. The van der Waals surface area contributed by atoms with Crippen LogP contribution in [0.15, 0.2) is 42.6 Å². The number of pyridine rings is 1. The van der Waals surface area contributed by atoms with E-state index < -0.39 is 17.0 Å². The Morgan fingerprint density at radius 1 is 1.17 bits per heavy atom. The fourth-order valence-electron chi connectivity index (χ4n) is 3.69. The summed E-state index contributed by atoms with van der Waals surface area (Å²) >= 11 is 0. The SMILES string of the molecule is CC(C)(C)C(=O)NC(c1ccccn1)C1CCN(Cc2ccc(F)c(F)c2)CC1. The van der Waals surface area contributed by atoms with Crippen LogP contribution in [0.5, 0.6) is 0 Å². The van der Waals surface area contributed by atoms with Gasteiger partial charge in [0, 0.05) is 18.2 Å². The molecule has 1 aromatic heterocycles. The maximum Gasteiger partial charge on any atom is 0.225 e. The molecule has 1 N–H and O–H groups in total. The van der Waals surface area contributed by atoms with Gasteiger partial charge in [-0.15, -0.1) is 0 Å². The van der Waals surface area contributed by atoms with Crippen molar-refractivity contribution in [1.29, 1.82) is 0 Å². The number of nitrogens with zero attached hydrogens (tertiary/aromatic N) is 2. The third kappa shape index (κ3) is 5.60. The summed E-state index contributed by atoms with van der Waals surface area (Å²) in [4.78, 5) is 19.4. The number of aromatic nitrogens is 1. The predicted octanol–water partition coefficient (Wildman–Crippen LogP) is 4.48. The van der Waals surface area contributed by atoms with Crippen molar-refractivity contribution in [2.24, 2.45) is 11.3 Å². The smallest absolute Gasteiger partial charge is 0.225 e. The predicted molar refractivity (Wildman–Crippen MR) is 109 cm³/mol. The maximum absolute atomic E-state index is 13.5. The van der Waals surface area contributed by atoms with Gasteiger partial charge in [-0.2, -0.15) is 0 Å². The highest BCUT2D eigenvalue weighted by Gasteiger charge is 2.32. The molecular formula is C23H29F2N3O. The second-order valence-electron chi connectivity index (χ2n) is 8.82. The molecule has 156 valence electrons. The molecule has 1 aromatic carbocycles. The molecular weight excluding hydrogens is 372 g/mol. The summed E-state index contributed by atoms with van der Waals surface area (Å²) in [7, 11) is 0.